The van der Waals surface area contributed by atoms with Gasteiger partial charge in [-0.25, -0.2) is 0 Å². The van der Waals surface area contributed by atoms with Gasteiger partial charge in [0.25, 0.3) is 0 Å². The number of rotatable bonds is 9. The van der Waals surface area contributed by atoms with Crippen molar-refractivity contribution in [1.82, 2.24) is 14.8 Å². The standard InChI is InChI=1S/C22H23F3N4O3S/c1-14-5-4-6-15(11-14)20-27-28-21(29(20)2)33-13-19(30)26-17-12-16(22(23,24)25)7-8-18(17)32-10-9-31-3/h4-8,11-12H,9-10,13H2,1-3H3,(H,26,30). The van der Waals surface area contributed by atoms with Gasteiger partial charge in [-0.1, -0.05) is 35.5 Å². The fourth-order valence-corrected chi connectivity index (χ4v) is 3.67. The molecular weight excluding hydrogens is 457 g/mol. The molecule has 11 heteroatoms. The summed E-state index contributed by atoms with van der Waals surface area (Å²) < 4.78 is 51.5. The number of halogens is 3. The summed E-state index contributed by atoms with van der Waals surface area (Å²) in [6, 6.07) is 10.7. The molecule has 1 aromatic heterocycles. The van der Waals surface area contributed by atoms with Crippen LogP contribution in [-0.4, -0.2) is 46.7 Å². The molecule has 0 fully saturated rings. The second kappa shape index (κ2) is 10.7. The number of hydrogen-bond donors (Lipinski definition) is 1. The lowest BCUT2D eigenvalue weighted by Crippen LogP contribution is -2.17. The minimum absolute atomic E-state index is 0.0649. The molecule has 2 aromatic carbocycles. The largest absolute Gasteiger partial charge is 0.489 e. The van der Waals surface area contributed by atoms with Crippen molar-refractivity contribution < 1.29 is 27.4 Å². The normalized spacial score (nSPS) is 11.5. The summed E-state index contributed by atoms with van der Waals surface area (Å²) in [5.74, 6) is 0.191. The second-order valence-electron chi connectivity index (χ2n) is 7.12. The fourth-order valence-electron chi connectivity index (χ4n) is 2.96. The Morgan fingerprint density at radius 1 is 1.15 bits per heavy atom. The second-order valence-corrected chi connectivity index (χ2v) is 8.06. The van der Waals surface area contributed by atoms with Crippen LogP contribution in [0.25, 0.3) is 11.4 Å². The lowest BCUT2D eigenvalue weighted by molar-refractivity contribution is -0.137. The highest BCUT2D eigenvalue weighted by Gasteiger charge is 2.31. The summed E-state index contributed by atoms with van der Waals surface area (Å²) in [6.07, 6.45) is -4.55. The van der Waals surface area contributed by atoms with Crippen LogP contribution in [0.5, 0.6) is 5.75 Å². The molecule has 0 unspecified atom stereocenters. The maximum atomic E-state index is 13.1. The average molecular weight is 481 g/mol. The van der Waals surface area contributed by atoms with E-state index in [1.54, 1.807) is 11.6 Å². The van der Waals surface area contributed by atoms with Gasteiger partial charge in [0.2, 0.25) is 5.91 Å². The molecule has 0 saturated carbocycles. The van der Waals surface area contributed by atoms with E-state index in [1.165, 1.54) is 13.2 Å². The van der Waals surface area contributed by atoms with Crippen molar-refractivity contribution in [2.24, 2.45) is 7.05 Å². The molecule has 3 rings (SSSR count). The van der Waals surface area contributed by atoms with E-state index in [-0.39, 0.29) is 30.4 Å². The van der Waals surface area contributed by atoms with E-state index in [4.69, 9.17) is 9.47 Å². The van der Waals surface area contributed by atoms with Crippen molar-refractivity contribution in [3.05, 3.63) is 53.6 Å². The highest BCUT2D eigenvalue weighted by Crippen LogP contribution is 2.35. The van der Waals surface area contributed by atoms with Gasteiger partial charge in [0.1, 0.15) is 12.4 Å². The number of amides is 1. The summed E-state index contributed by atoms with van der Waals surface area (Å²) in [4.78, 5) is 12.5. The van der Waals surface area contributed by atoms with Gasteiger partial charge in [0, 0.05) is 19.7 Å². The van der Waals surface area contributed by atoms with Crippen LogP contribution in [0.4, 0.5) is 18.9 Å². The van der Waals surface area contributed by atoms with Crippen LogP contribution in [0, 0.1) is 6.92 Å². The van der Waals surface area contributed by atoms with E-state index < -0.39 is 17.6 Å². The third-order valence-corrected chi connectivity index (χ3v) is 5.59. The molecule has 0 aliphatic carbocycles. The molecule has 1 amide bonds. The van der Waals surface area contributed by atoms with Crippen molar-refractivity contribution in [3.63, 3.8) is 0 Å². The molecule has 33 heavy (non-hydrogen) atoms. The van der Waals surface area contributed by atoms with Crippen LogP contribution in [0.1, 0.15) is 11.1 Å². The first-order valence-corrected chi connectivity index (χ1v) is 10.9. The van der Waals surface area contributed by atoms with Gasteiger partial charge < -0.3 is 19.4 Å². The quantitative estimate of drug-likeness (QED) is 0.357. The van der Waals surface area contributed by atoms with Crippen molar-refractivity contribution in [2.75, 3.05) is 31.4 Å². The highest BCUT2D eigenvalue weighted by molar-refractivity contribution is 7.99. The third-order valence-electron chi connectivity index (χ3n) is 4.57. The van der Waals surface area contributed by atoms with E-state index in [0.29, 0.717) is 11.0 Å². The monoisotopic (exact) mass is 480 g/mol. The van der Waals surface area contributed by atoms with E-state index in [9.17, 15) is 18.0 Å². The van der Waals surface area contributed by atoms with Crippen LogP contribution >= 0.6 is 11.8 Å². The summed E-state index contributed by atoms with van der Waals surface area (Å²) in [6.45, 7) is 2.35. The molecule has 0 atom stereocenters. The molecule has 1 heterocycles. The van der Waals surface area contributed by atoms with Gasteiger partial charge in [-0.05, 0) is 31.2 Å². The Bertz CT molecular complexity index is 1120. The number of anilines is 1. The summed E-state index contributed by atoms with van der Waals surface area (Å²) in [7, 11) is 3.26. The molecule has 0 saturated heterocycles. The molecular formula is C22H23F3N4O3S. The molecule has 0 aliphatic rings. The summed E-state index contributed by atoms with van der Waals surface area (Å²) >= 11 is 1.13. The zero-order valence-corrected chi connectivity index (χ0v) is 19.1. The number of nitrogens with one attached hydrogen (secondary N) is 1. The van der Waals surface area contributed by atoms with Crippen LogP contribution in [0.2, 0.25) is 0 Å². The molecule has 176 valence electrons. The minimum Gasteiger partial charge on any atom is -0.489 e. The number of aryl methyl sites for hydroxylation is 1. The third kappa shape index (κ3) is 6.48. The summed E-state index contributed by atoms with van der Waals surface area (Å²) in [5.41, 5.74) is 1.02. The molecule has 0 radical (unpaired) electrons. The van der Waals surface area contributed by atoms with E-state index in [1.807, 2.05) is 31.2 Å². The fraction of sp³-hybridized carbons (Fsp3) is 0.318. The van der Waals surface area contributed by atoms with Crippen LogP contribution in [0.15, 0.2) is 47.6 Å². The van der Waals surface area contributed by atoms with Crippen molar-refractivity contribution in [3.8, 4) is 17.1 Å². The Hall–Kier alpha value is -3.05. The number of aromatic nitrogens is 3. The number of nitrogens with zero attached hydrogens (tertiary/aromatic N) is 3. The number of alkyl halides is 3. The highest BCUT2D eigenvalue weighted by atomic mass is 32.2. The summed E-state index contributed by atoms with van der Waals surface area (Å²) in [5, 5.41) is 11.3. The van der Waals surface area contributed by atoms with Gasteiger partial charge in [0.15, 0.2) is 11.0 Å². The average Bonchev–Trinajstić information content (AvgIpc) is 3.13. The van der Waals surface area contributed by atoms with Crippen LogP contribution in [0.3, 0.4) is 0 Å². The van der Waals surface area contributed by atoms with Gasteiger partial charge >= 0.3 is 6.18 Å². The van der Waals surface area contributed by atoms with Crippen LogP contribution < -0.4 is 10.1 Å². The Morgan fingerprint density at radius 2 is 1.94 bits per heavy atom. The molecule has 1 N–H and O–H groups in total. The number of hydrogen-bond acceptors (Lipinski definition) is 6. The molecule has 0 bridgehead atoms. The number of methoxy groups -OCH3 is 1. The lowest BCUT2D eigenvalue weighted by atomic mass is 10.1. The number of thioether (sulfide) groups is 1. The SMILES string of the molecule is COCCOc1ccc(C(F)(F)F)cc1NC(=O)CSc1nnc(-c2cccc(C)c2)n1C. The molecule has 0 aliphatic heterocycles. The van der Waals surface area contributed by atoms with E-state index in [0.717, 1.165) is 35.0 Å². The molecule has 0 spiro atoms. The topological polar surface area (TPSA) is 78.3 Å². The first-order valence-electron chi connectivity index (χ1n) is 9.91. The number of carbonyl (C=O) groups is 1. The lowest BCUT2D eigenvalue weighted by Gasteiger charge is -2.15. The first-order chi connectivity index (χ1) is 15.7. The molecule has 3 aromatic rings. The predicted octanol–water partition coefficient (Wildman–Crippen LogP) is 4.57. The van der Waals surface area contributed by atoms with Gasteiger partial charge in [-0.15, -0.1) is 10.2 Å². The zero-order chi connectivity index (χ0) is 24.0. The number of benzene rings is 2. The van der Waals surface area contributed by atoms with Crippen molar-refractivity contribution >= 4 is 23.4 Å². The molecule has 7 nitrogen and oxygen atoms in total. The Balaban J connectivity index is 1.70. The smallest absolute Gasteiger partial charge is 0.416 e. The Kier molecular flexibility index (Phi) is 7.98. The van der Waals surface area contributed by atoms with E-state index >= 15 is 0 Å². The maximum Gasteiger partial charge on any atom is 0.416 e. The zero-order valence-electron chi connectivity index (χ0n) is 18.3. The minimum atomic E-state index is -4.55. The van der Waals surface area contributed by atoms with Crippen molar-refractivity contribution in [2.45, 2.75) is 18.3 Å². The predicted molar refractivity (Wildman–Crippen MR) is 119 cm³/mol. The van der Waals surface area contributed by atoms with Crippen molar-refractivity contribution in [1.29, 1.82) is 0 Å². The first kappa shape index (κ1) is 24.6. The van der Waals surface area contributed by atoms with E-state index in [2.05, 4.69) is 15.5 Å². The number of ether oxygens (including phenoxy) is 2. The van der Waals surface area contributed by atoms with Gasteiger partial charge in [0.05, 0.1) is 23.6 Å². The van der Waals surface area contributed by atoms with Gasteiger partial charge in [-0.3, -0.25) is 4.79 Å². The Morgan fingerprint density at radius 3 is 2.64 bits per heavy atom. The van der Waals surface area contributed by atoms with Gasteiger partial charge in [-0.2, -0.15) is 13.2 Å². The number of carbonyl (C=O) groups excluding carboxylic acids is 1. The maximum absolute atomic E-state index is 13.1. The van der Waals surface area contributed by atoms with Crippen LogP contribution in [-0.2, 0) is 22.8 Å². The Labute approximate surface area is 193 Å².